The Morgan fingerprint density at radius 1 is 1.47 bits per heavy atom. The first-order valence-electron chi connectivity index (χ1n) is 5.38. The molecule has 2 rings (SSSR count). The van der Waals surface area contributed by atoms with Crippen LogP contribution < -0.4 is 0 Å². The van der Waals surface area contributed by atoms with Crippen LogP contribution in [0.4, 0.5) is 0 Å². The Bertz CT molecular complexity index is 312. The van der Waals surface area contributed by atoms with Crippen molar-refractivity contribution in [1.29, 1.82) is 0 Å². The van der Waals surface area contributed by atoms with Gasteiger partial charge in [-0.1, -0.05) is 24.1 Å². The van der Waals surface area contributed by atoms with Crippen LogP contribution in [0.2, 0.25) is 5.15 Å². The smallest absolute Gasteiger partial charge is 0.129 e. The molecule has 1 aliphatic carbocycles. The van der Waals surface area contributed by atoms with E-state index in [1.165, 1.54) is 12.0 Å². The van der Waals surface area contributed by atoms with E-state index in [2.05, 4.69) is 4.98 Å². The topological polar surface area (TPSA) is 33.1 Å². The SMILES string of the molecule is O[C]1CCCC(Cc2ccc(Cl)nc2)C1. The van der Waals surface area contributed by atoms with E-state index >= 15 is 0 Å². The highest BCUT2D eigenvalue weighted by molar-refractivity contribution is 6.29. The molecule has 1 heterocycles. The van der Waals surface area contributed by atoms with E-state index in [1.807, 2.05) is 18.3 Å². The van der Waals surface area contributed by atoms with Crippen LogP contribution in [0.5, 0.6) is 0 Å². The molecule has 1 atom stereocenters. The molecule has 0 bridgehead atoms. The summed E-state index contributed by atoms with van der Waals surface area (Å²) >= 11 is 5.72. The fraction of sp³-hybridized carbons (Fsp3) is 0.500. The summed E-state index contributed by atoms with van der Waals surface area (Å²) < 4.78 is 0. The Hall–Kier alpha value is -0.600. The first-order chi connectivity index (χ1) is 7.24. The number of aliphatic hydroxyl groups is 1. The molecule has 3 heteroatoms. The molecule has 2 nitrogen and oxygen atoms in total. The average Bonchev–Trinajstić information content (AvgIpc) is 2.22. The highest BCUT2D eigenvalue weighted by Crippen LogP contribution is 2.30. The molecule has 0 saturated heterocycles. The predicted octanol–water partition coefficient (Wildman–Crippen LogP) is 3.37. The van der Waals surface area contributed by atoms with E-state index in [9.17, 15) is 5.11 Å². The summed E-state index contributed by atoms with van der Waals surface area (Å²) in [6.07, 6.45) is 7.53. The molecule has 1 fully saturated rings. The third-order valence-electron chi connectivity index (χ3n) is 2.92. The Morgan fingerprint density at radius 3 is 3.00 bits per heavy atom. The largest absolute Gasteiger partial charge is 0.387 e. The van der Waals surface area contributed by atoms with Crippen LogP contribution in [0.1, 0.15) is 31.2 Å². The minimum absolute atomic E-state index is 0.539. The highest BCUT2D eigenvalue weighted by Gasteiger charge is 2.20. The van der Waals surface area contributed by atoms with Gasteiger partial charge in [-0.25, -0.2) is 4.98 Å². The van der Waals surface area contributed by atoms with Crippen molar-refractivity contribution in [2.45, 2.75) is 32.1 Å². The molecule has 1 unspecified atom stereocenters. The summed E-state index contributed by atoms with van der Waals surface area (Å²) in [5.74, 6) is 0.571. The molecule has 0 amide bonds. The van der Waals surface area contributed by atoms with Gasteiger partial charge in [-0.2, -0.15) is 0 Å². The molecular weight excluding hydrogens is 210 g/mol. The summed E-state index contributed by atoms with van der Waals surface area (Å²) in [6.45, 7) is 0. The van der Waals surface area contributed by atoms with Crippen molar-refractivity contribution in [2.75, 3.05) is 0 Å². The maximum Gasteiger partial charge on any atom is 0.129 e. The summed E-state index contributed by atoms with van der Waals surface area (Å²) in [5.41, 5.74) is 1.21. The van der Waals surface area contributed by atoms with Gasteiger partial charge in [0, 0.05) is 6.20 Å². The van der Waals surface area contributed by atoms with Crippen molar-refractivity contribution in [3.63, 3.8) is 0 Å². The van der Waals surface area contributed by atoms with Crippen molar-refractivity contribution in [3.05, 3.63) is 35.2 Å². The van der Waals surface area contributed by atoms with Gasteiger partial charge in [0.15, 0.2) is 0 Å². The highest BCUT2D eigenvalue weighted by atomic mass is 35.5. The van der Waals surface area contributed by atoms with E-state index in [0.29, 0.717) is 17.2 Å². The molecular formula is C12H15ClNO. The van der Waals surface area contributed by atoms with Crippen LogP contribution in [0.25, 0.3) is 0 Å². The van der Waals surface area contributed by atoms with Gasteiger partial charge < -0.3 is 5.11 Å². The van der Waals surface area contributed by atoms with Crippen molar-refractivity contribution in [2.24, 2.45) is 5.92 Å². The van der Waals surface area contributed by atoms with Gasteiger partial charge in [0.05, 0.1) is 6.10 Å². The van der Waals surface area contributed by atoms with Gasteiger partial charge in [0.2, 0.25) is 0 Å². The first kappa shape index (κ1) is 10.9. The number of halogens is 1. The second-order valence-corrected chi connectivity index (χ2v) is 4.61. The van der Waals surface area contributed by atoms with E-state index in [1.54, 1.807) is 0 Å². The fourth-order valence-electron chi connectivity index (χ4n) is 2.17. The zero-order valence-corrected chi connectivity index (χ0v) is 9.37. The third-order valence-corrected chi connectivity index (χ3v) is 3.14. The van der Waals surface area contributed by atoms with Crippen LogP contribution in [-0.4, -0.2) is 10.1 Å². The van der Waals surface area contributed by atoms with Crippen LogP contribution in [0.15, 0.2) is 18.3 Å². The Kier molecular flexibility index (Phi) is 3.60. The van der Waals surface area contributed by atoms with Crippen molar-refractivity contribution < 1.29 is 5.11 Å². The second kappa shape index (κ2) is 4.95. The molecule has 0 spiro atoms. The van der Waals surface area contributed by atoms with Gasteiger partial charge in [-0.15, -0.1) is 0 Å². The Balaban J connectivity index is 1.93. The summed E-state index contributed by atoms with van der Waals surface area (Å²) in [7, 11) is 0. The lowest BCUT2D eigenvalue weighted by Crippen LogP contribution is -2.15. The van der Waals surface area contributed by atoms with Gasteiger partial charge in [0.25, 0.3) is 0 Å². The zero-order valence-electron chi connectivity index (χ0n) is 8.62. The molecule has 1 N–H and O–H groups in total. The normalized spacial score (nSPS) is 22.9. The summed E-state index contributed by atoms with van der Waals surface area (Å²) in [6, 6.07) is 3.84. The molecule has 81 valence electrons. The summed E-state index contributed by atoms with van der Waals surface area (Å²) in [5, 5.41) is 10.0. The monoisotopic (exact) mass is 224 g/mol. The molecule has 1 saturated carbocycles. The number of rotatable bonds is 2. The quantitative estimate of drug-likeness (QED) is 0.782. The number of aliphatic hydroxyl groups excluding tert-OH is 1. The van der Waals surface area contributed by atoms with Crippen molar-refractivity contribution >= 4 is 11.6 Å². The standard InChI is InChI=1S/C12H15ClNO/c13-12-5-4-10(8-14-12)6-9-2-1-3-11(15)7-9/h4-5,8-9,15H,1-3,6-7H2. The lowest BCUT2D eigenvalue weighted by molar-refractivity contribution is 0.200. The van der Waals surface area contributed by atoms with Gasteiger partial charge in [-0.3, -0.25) is 0 Å². The van der Waals surface area contributed by atoms with Gasteiger partial charge in [-0.05, 0) is 43.2 Å². The fourth-order valence-corrected chi connectivity index (χ4v) is 2.28. The number of hydrogen-bond acceptors (Lipinski definition) is 2. The first-order valence-corrected chi connectivity index (χ1v) is 5.76. The second-order valence-electron chi connectivity index (χ2n) is 4.22. The molecule has 0 aliphatic heterocycles. The maximum atomic E-state index is 9.48. The van der Waals surface area contributed by atoms with E-state index in [4.69, 9.17) is 11.6 Å². The predicted molar refractivity (Wildman–Crippen MR) is 60.1 cm³/mol. The molecule has 1 aliphatic rings. The number of nitrogens with zero attached hydrogens (tertiary/aromatic N) is 1. The molecule has 15 heavy (non-hydrogen) atoms. The molecule has 0 aromatic carbocycles. The van der Waals surface area contributed by atoms with Gasteiger partial charge >= 0.3 is 0 Å². The van der Waals surface area contributed by atoms with Crippen LogP contribution in [0, 0.1) is 12.0 Å². The van der Waals surface area contributed by atoms with E-state index in [0.717, 1.165) is 25.7 Å². The summed E-state index contributed by atoms with van der Waals surface area (Å²) in [4.78, 5) is 4.06. The maximum absolute atomic E-state index is 9.48. The minimum atomic E-state index is 0.539. The number of pyridine rings is 1. The minimum Gasteiger partial charge on any atom is -0.387 e. The number of aromatic nitrogens is 1. The average molecular weight is 225 g/mol. The lowest BCUT2D eigenvalue weighted by atomic mass is 9.83. The molecule has 1 aromatic rings. The third kappa shape index (κ3) is 3.18. The van der Waals surface area contributed by atoms with Gasteiger partial charge in [0.1, 0.15) is 5.15 Å². The van der Waals surface area contributed by atoms with Crippen LogP contribution in [-0.2, 0) is 6.42 Å². The molecule has 1 radical (unpaired) electrons. The van der Waals surface area contributed by atoms with Crippen LogP contribution >= 0.6 is 11.6 Å². The van der Waals surface area contributed by atoms with E-state index < -0.39 is 0 Å². The lowest BCUT2D eigenvalue weighted by Gasteiger charge is -2.24. The Labute approximate surface area is 95.3 Å². The zero-order chi connectivity index (χ0) is 10.7. The van der Waals surface area contributed by atoms with E-state index in [-0.39, 0.29) is 0 Å². The van der Waals surface area contributed by atoms with Crippen molar-refractivity contribution in [3.8, 4) is 0 Å². The van der Waals surface area contributed by atoms with Crippen molar-refractivity contribution in [1.82, 2.24) is 4.98 Å². The number of hydrogen-bond donors (Lipinski definition) is 1. The Morgan fingerprint density at radius 2 is 2.33 bits per heavy atom. The molecule has 1 aromatic heterocycles. The van der Waals surface area contributed by atoms with Crippen LogP contribution in [0.3, 0.4) is 0 Å².